The van der Waals surface area contributed by atoms with Gasteiger partial charge in [0, 0.05) is 0 Å². The van der Waals surface area contributed by atoms with E-state index in [1.807, 2.05) is 41.5 Å². The zero-order valence-electron chi connectivity index (χ0n) is 16.7. The lowest BCUT2D eigenvalue weighted by Gasteiger charge is -2.28. The van der Waals surface area contributed by atoms with Gasteiger partial charge in [-0.05, 0) is 23.7 Å². The zero-order valence-corrected chi connectivity index (χ0v) is 16.7. The summed E-state index contributed by atoms with van der Waals surface area (Å²) in [6.07, 6.45) is 2.42. The second-order valence-electron chi connectivity index (χ2n) is 6.25. The molecule has 0 spiro atoms. The van der Waals surface area contributed by atoms with E-state index in [-0.39, 0.29) is 0 Å². The van der Waals surface area contributed by atoms with Gasteiger partial charge in [-0.1, -0.05) is 102 Å². The van der Waals surface area contributed by atoms with Crippen LogP contribution in [0.4, 0.5) is 0 Å². The molecule has 0 heteroatoms. The highest BCUT2D eigenvalue weighted by Gasteiger charge is 2.20. The molecule has 0 bridgehead atoms. The van der Waals surface area contributed by atoms with Crippen LogP contribution in [0.1, 0.15) is 96.9 Å². The molecule has 0 aromatic heterocycles. The van der Waals surface area contributed by atoms with Gasteiger partial charge < -0.3 is 0 Å². The van der Waals surface area contributed by atoms with Crippen molar-refractivity contribution < 1.29 is 0 Å². The molecule has 0 aliphatic heterocycles. The van der Waals surface area contributed by atoms with Crippen molar-refractivity contribution in [1.82, 2.24) is 0 Å². The van der Waals surface area contributed by atoms with Crippen LogP contribution in [0.3, 0.4) is 0 Å². The van der Waals surface area contributed by atoms with E-state index >= 15 is 0 Å². The van der Waals surface area contributed by atoms with Crippen molar-refractivity contribution in [3.05, 3.63) is 11.6 Å². The molecular weight excluding hydrogens is 228 g/mol. The van der Waals surface area contributed by atoms with Gasteiger partial charge in [0.15, 0.2) is 0 Å². The van der Waals surface area contributed by atoms with E-state index < -0.39 is 0 Å². The minimum Gasteiger partial charge on any atom is -0.0817 e. The first-order valence-corrected chi connectivity index (χ1v) is 8.24. The smallest absolute Gasteiger partial charge is 0.0176 e. The summed E-state index contributed by atoms with van der Waals surface area (Å²) < 4.78 is 0. The Hall–Kier alpha value is -0.260. The van der Waals surface area contributed by atoms with Crippen LogP contribution in [0, 0.1) is 16.7 Å². The fourth-order valence-corrected chi connectivity index (χ4v) is 0.875. The average molecular weight is 273 g/mol. The van der Waals surface area contributed by atoms with Gasteiger partial charge in [-0.3, -0.25) is 0 Å². The van der Waals surface area contributed by atoms with Gasteiger partial charge in [0.05, 0.1) is 0 Å². The molecule has 1 atom stereocenters. The minimum absolute atomic E-state index is 0.319. The average Bonchev–Trinajstić information content (AvgIpc) is 2.34. The molecule has 19 heavy (non-hydrogen) atoms. The molecular formula is C19H44. The molecule has 0 nitrogen and oxygen atoms in total. The Morgan fingerprint density at radius 2 is 1.00 bits per heavy atom. The van der Waals surface area contributed by atoms with Crippen LogP contribution in [0.2, 0.25) is 0 Å². The van der Waals surface area contributed by atoms with Crippen molar-refractivity contribution >= 4 is 0 Å². The van der Waals surface area contributed by atoms with Crippen LogP contribution in [0.5, 0.6) is 0 Å². The van der Waals surface area contributed by atoms with Crippen molar-refractivity contribution in [1.29, 1.82) is 0 Å². The quantitative estimate of drug-likeness (QED) is 0.428. The van der Waals surface area contributed by atoms with E-state index in [4.69, 9.17) is 0 Å². The number of hydrogen-bond acceptors (Lipinski definition) is 0. The van der Waals surface area contributed by atoms with Gasteiger partial charge in [0.25, 0.3) is 0 Å². The Morgan fingerprint density at radius 3 is 1.16 bits per heavy atom. The molecule has 0 saturated carbocycles. The first kappa shape index (κ1) is 27.1. The van der Waals surface area contributed by atoms with E-state index in [0.717, 1.165) is 0 Å². The number of hydrogen-bond donors (Lipinski definition) is 0. The second-order valence-corrected chi connectivity index (χ2v) is 6.25. The standard InChI is InChI=1S/C13H26.3C2H6/c1-10(12(3,4)5)9-11(2)13(6,7)8;3*1-2/h9-10H,1-8H3;3*1-2H3/b11-9+;;;. The molecule has 0 aromatic carbocycles. The lowest BCUT2D eigenvalue weighted by Crippen LogP contribution is -2.17. The maximum Gasteiger partial charge on any atom is -0.0176 e. The first-order chi connectivity index (χ1) is 8.55. The molecule has 0 heterocycles. The summed E-state index contributed by atoms with van der Waals surface area (Å²) in [4.78, 5) is 0. The van der Waals surface area contributed by atoms with Crippen LogP contribution in [-0.4, -0.2) is 0 Å². The second kappa shape index (κ2) is 14.2. The van der Waals surface area contributed by atoms with Crippen LogP contribution in [-0.2, 0) is 0 Å². The summed E-state index contributed by atoms with van der Waals surface area (Å²) in [6.45, 7) is 30.2. The summed E-state index contributed by atoms with van der Waals surface area (Å²) in [5.41, 5.74) is 2.20. The summed E-state index contributed by atoms with van der Waals surface area (Å²) in [6, 6.07) is 0. The lowest BCUT2D eigenvalue weighted by molar-refractivity contribution is 0.309. The maximum absolute atomic E-state index is 2.42. The molecule has 1 unspecified atom stereocenters. The minimum atomic E-state index is 0.319. The van der Waals surface area contributed by atoms with E-state index in [1.54, 1.807) is 0 Å². The third kappa shape index (κ3) is 17.7. The normalized spacial score (nSPS) is 12.8. The largest absolute Gasteiger partial charge is 0.0817 e. The van der Waals surface area contributed by atoms with E-state index in [2.05, 4.69) is 61.5 Å². The van der Waals surface area contributed by atoms with E-state index in [1.165, 1.54) is 5.57 Å². The summed E-state index contributed by atoms with van der Waals surface area (Å²) in [5, 5.41) is 0. The van der Waals surface area contributed by atoms with Gasteiger partial charge in [-0.15, -0.1) is 0 Å². The van der Waals surface area contributed by atoms with Crippen molar-refractivity contribution in [2.24, 2.45) is 16.7 Å². The topological polar surface area (TPSA) is 0 Å². The fraction of sp³-hybridized carbons (Fsp3) is 0.895. The highest BCUT2D eigenvalue weighted by atomic mass is 14.3. The van der Waals surface area contributed by atoms with Crippen LogP contribution in [0.25, 0.3) is 0 Å². The Morgan fingerprint density at radius 1 is 0.737 bits per heavy atom. The molecule has 0 aliphatic rings. The van der Waals surface area contributed by atoms with Gasteiger partial charge in [0.2, 0.25) is 0 Å². The molecule has 0 rings (SSSR count). The maximum atomic E-state index is 2.42. The van der Waals surface area contributed by atoms with Gasteiger partial charge in [-0.2, -0.15) is 0 Å². The van der Waals surface area contributed by atoms with Crippen molar-refractivity contribution in [2.45, 2.75) is 96.9 Å². The Balaban J connectivity index is -0.000000163. The highest BCUT2D eigenvalue weighted by molar-refractivity contribution is 5.10. The van der Waals surface area contributed by atoms with Gasteiger partial charge in [-0.25, -0.2) is 0 Å². The summed E-state index contributed by atoms with van der Waals surface area (Å²) in [5.74, 6) is 0.645. The third-order valence-electron chi connectivity index (χ3n) is 3.05. The van der Waals surface area contributed by atoms with Gasteiger partial charge in [0.1, 0.15) is 0 Å². The lowest BCUT2D eigenvalue weighted by atomic mass is 9.78. The SMILES string of the molecule is C/C(=C\C(C)C(C)(C)C)C(C)(C)C.CC.CC.CC. The highest BCUT2D eigenvalue weighted by Crippen LogP contribution is 2.31. The Labute approximate surface area is 126 Å². The van der Waals surface area contributed by atoms with Crippen molar-refractivity contribution in [2.75, 3.05) is 0 Å². The van der Waals surface area contributed by atoms with Gasteiger partial charge >= 0.3 is 0 Å². The number of rotatable bonds is 1. The fourth-order valence-electron chi connectivity index (χ4n) is 0.875. The summed E-state index contributed by atoms with van der Waals surface area (Å²) >= 11 is 0. The van der Waals surface area contributed by atoms with Crippen molar-refractivity contribution in [3.63, 3.8) is 0 Å². The van der Waals surface area contributed by atoms with Crippen LogP contribution < -0.4 is 0 Å². The molecule has 0 saturated heterocycles. The van der Waals surface area contributed by atoms with E-state index in [9.17, 15) is 0 Å². The molecule has 0 radical (unpaired) electrons. The molecule has 0 aliphatic carbocycles. The van der Waals surface area contributed by atoms with E-state index in [0.29, 0.717) is 16.7 Å². The molecule has 0 aromatic rings. The molecule has 120 valence electrons. The Bertz CT molecular complexity index is 183. The zero-order chi connectivity index (χ0) is 16.9. The Kier molecular flexibility index (Phi) is 20.2. The first-order valence-electron chi connectivity index (χ1n) is 8.24. The molecule has 0 fully saturated rings. The monoisotopic (exact) mass is 272 g/mol. The third-order valence-corrected chi connectivity index (χ3v) is 3.05. The molecule has 0 N–H and O–H groups in total. The predicted octanol–water partition coefficient (Wildman–Crippen LogP) is 7.74. The predicted molar refractivity (Wildman–Crippen MR) is 95.9 cm³/mol. The van der Waals surface area contributed by atoms with Crippen LogP contribution >= 0.6 is 0 Å². The number of allylic oxidation sites excluding steroid dienone is 2. The summed E-state index contributed by atoms with van der Waals surface area (Å²) in [7, 11) is 0. The molecule has 0 amide bonds. The van der Waals surface area contributed by atoms with Crippen LogP contribution in [0.15, 0.2) is 11.6 Å². The van der Waals surface area contributed by atoms with Crippen molar-refractivity contribution in [3.8, 4) is 0 Å².